The molecule has 2 aromatic carbocycles. The van der Waals surface area contributed by atoms with E-state index in [1.54, 1.807) is 14.2 Å². The monoisotopic (exact) mass is 393 g/mol. The van der Waals surface area contributed by atoms with Gasteiger partial charge >= 0.3 is 0 Å². The Balaban J connectivity index is 2.19. The van der Waals surface area contributed by atoms with Crippen molar-refractivity contribution in [1.29, 1.82) is 0 Å². The molecule has 0 spiro atoms. The number of hydrogen-bond acceptors (Lipinski definition) is 4. The first-order valence-electron chi connectivity index (χ1n) is 7.89. The molecular formula is C19H24BrNO3. The van der Waals surface area contributed by atoms with Gasteiger partial charge in [-0.15, -0.1) is 0 Å². The van der Waals surface area contributed by atoms with Gasteiger partial charge in [-0.1, -0.05) is 40.2 Å². The average Bonchev–Trinajstić information content (AvgIpc) is 2.59. The van der Waals surface area contributed by atoms with E-state index >= 15 is 0 Å². The lowest BCUT2D eigenvalue weighted by Crippen LogP contribution is -2.19. The summed E-state index contributed by atoms with van der Waals surface area (Å²) in [6.45, 7) is 4.71. The normalized spacial score (nSPS) is 10.7. The Bertz CT molecular complexity index is 661. The van der Waals surface area contributed by atoms with Gasteiger partial charge in [-0.2, -0.15) is 0 Å². The van der Waals surface area contributed by atoms with Crippen LogP contribution in [0.25, 0.3) is 0 Å². The lowest BCUT2D eigenvalue weighted by molar-refractivity contribution is 0.199. The third-order valence-electron chi connectivity index (χ3n) is 3.81. The highest BCUT2D eigenvalue weighted by atomic mass is 79.9. The Hall–Kier alpha value is -1.56. The summed E-state index contributed by atoms with van der Waals surface area (Å²) >= 11 is 3.61. The fourth-order valence-electron chi connectivity index (χ4n) is 2.38. The molecule has 24 heavy (non-hydrogen) atoms. The van der Waals surface area contributed by atoms with E-state index in [0.29, 0.717) is 19.8 Å². The van der Waals surface area contributed by atoms with E-state index in [4.69, 9.17) is 14.2 Å². The molecule has 5 heteroatoms. The van der Waals surface area contributed by atoms with Crippen molar-refractivity contribution in [3.05, 3.63) is 57.6 Å². The average molecular weight is 394 g/mol. The molecule has 0 radical (unpaired) electrons. The zero-order valence-corrected chi connectivity index (χ0v) is 16.0. The van der Waals surface area contributed by atoms with Gasteiger partial charge in [0.05, 0.1) is 13.7 Å². The lowest BCUT2D eigenvalue weighted by atomic mass is 10.1. The molecule has 0 aliphatic heterocycles. The van der Waals surface area contributed by atoms with Gasteiger partial charge in [0.15, 0.2) is 11.5 Å². The molecule has 0 saturated heterocycles. The standard InChI is InChI=1S/C19H24BrNO3/c1-14-6-4-5-7-15(14)13-24-19-16(12-21-10-11-22-2)17(20)8-9-18(19)23-3/h4-9,21H,10-13H2,1-3H3. The van der Waals surface area contributed by atoms with Crippen molar-refractivity contribution in [2.45, 2.75) is 20.1 Å². The summed E-state index contributed by atoms with van der Waals surface area (Å²) < 4.78 is 17.7. The number of rotatable bonds is 9. The zero-order valence-electron chi connectivity index (χ0n) is 14.4. The van der Waals surface area contributed by atoms with Gasteiger partial charge in [-0.25, -0.2) is 0 Å². The van der Waals surface area contributed by atoms with Crippen LogP contribution in [0.4, 0.5) is 0 Å². The number of benzene rings is 2. The quantitative estimate of drug-likeness (QED) is 0.651. The van der Waals surface area contributed by atoms with Crippen LogP contribution in [0, 0.1) is 6.92 Å². The first kappa shape index (κ1) is 18.8. The summed E-state index contributed by atoms with van der Waals surface area (Å²) in [7, 11) is 3.35. The molecular weight excluding hydrogens is 370 g/mol. The first-order chi connectivity index (χ1) is 11.7. The second kappa shape index (κ2) is 9.67. The Morgan fingerprint density at radius 3 is 2.58 bits per heavy atom. The van der Waals surface area contributed by atoms with Crippen LogP contribution >= 0.6 is 15.9 Å². The van der Waals surface area contributed by atoms with Crippen molar-refractivity contribution in [2.24, 2.45) is 0 Å². The van der Waals surface area contributed by atoms with Gasteiger partial charge in [0.2, 0.25) is 0 Å². The summed E-state index contributed by atoms with van der Waals surface area (Å²) in [5.41, 5.74) is 3.42. The van der Waals surface area contributed by atoms with Gasteiger partial charge in [0.1, 0.15) is 6.61 Å². The third-order valence-corrected chi connectivity index (χ3v) is 4.55. The van der Waals surface area contributed by atoms with Crippen LogP contribution in [-0.4, -0.2) is 27.4 Å². The molecule has 1 N–H and O–H groups in total. The number of nitrogens with one attached hydrogen (secondary N) is 1. The van der Waals surface area contributed by atoms with E-state index in [1.807, 2.05) is 24.3 Å². The summed E-state index contributed by atoms with van der Waals surface area (Å²) in [6, 6.07) is 12.1. The summed E-state index contributed by atoms with van der Waals surface area (Å²) in [6.07, 6.45) is 0. The van der Waals surface area contributed by atoms with E-state index < -0.39 is 0 Å². The van der Waals surface area contributed by atoms with Gasteiger partial charge < -0.3 is 19.5 Å². The number of halogens is 1. The molecule has 2 rings (SSSR count). The van der Waals surface area contributed by atoms with Crippen molar-refractivity contribution in [3.63, 3.8) is 0 Å². The minimum atomic E-state index is 0.505. The van der Waals surface area contributed by atoms with Crippen LogP contribution in [0.1, 0.15) is 16.7 Å². The molecule has 4 nitrogen and oxygen atoms in total. The van der Waals surface area contributed by atoms with E-state index in [0.717, 1.165) is 33.6 Å². The van der Waals surface area contributed by atoms with Crippen molar-refractivity contribution >= 4 is 15.9 Å². The predicted octanol–water partition coefficient (Wildman–Crippen LogP) is 4.08. The smallest absolute Gasteiger partial charge is 0.167 e. The Labute approximate surface area is 152 Å². The molecule has 0 atom stereocenters. The molecule has 0 fully saturated rings. The Kier molecular flexibility index (Phi) is 7.56. The molecule has 0 aromatic heterocycles. The summed E-state index contributed by atoms with van der Waals surface area (Å²) in [4.78, 5) is 0. The predicted molar refractivity (Wildman–Crippen MR) is 99.8 cm³/mol. The molecule has 0 heterocycles. The van der Waals surface area contributed by atoms with Crippen LogP contribution in [-0.2, 0) is 17.9 Å². The molecule has 0 bridgehead atoms. The summed E-state index contributed by atoms with van der Waals surface area (Å²) in [5, 5.41) is 3.35. The molecule has 130 valence electrons. The fourth-order valence-corrected chi connectivity index (χ4v) is 2.83. The van der Waals surface area contributed by atoms with Gasteiger partial charge in [0, 0.05) is 30.2 Å². The van der Waals surface area contributed by atoms with Gasteiger partial charge in [-0.3, -0.25) is 0 Å². The highest BCUT2D eigenvalue weighted by Crippen LogP contribution is 2.36. The summed E-state index contributed by atoms with van der Waals surface area (Å²) in [5.74, 6) is 1.50. The number of methoxy groups -OCH3 is 2. The Morgan fingerprint density at radius 1 is 1.08 bits per heavy atom. The lowest BCUT2D eigenvalue weighted by Gasteiger charge is -2.18. The van der Waals surface area contributed by atoms with Crippen LogP contribution < -0.4 is 14.8 Å². The largest absolute Gasteiger partial charge is 0.493 e. The van der Waals surface area contributed by atoms with Crippen molar-refractivity contribution in [2.75, 3.05) is 27.4 Å². The molecule has 0 saturated carbocycles. The molecule has 2 aromatic rings. The van der Waals surface area contributed by atoms with Crippen molar-refractivity contribution in [1.82, 2.24) is 5.32 Å². The van der Waals surface area contributed by atoms with E-state index in [2.05, 4.69) is 40.3 Å². The fraction of sp³-hybridized carbons (Fsp3) is 0.368. The van der Waals surface area contributed by atoms with E-state index in [1.165, 1.54) is 5.56 Å². The number of aryl methyl sites for hydroxylation is 1. The first-order valence-corrected chi connectivity index (χ1v) is 8.69. The van der Waals surface area contributed by atoms with Crippen LogP contribution in [0.15, 0.2) is 40.9 Å². The minimum Gasteiger partial charge on any atom is -0.493 e. The third kappa shape index (κ3) is 4.97. The topological polar surface area (TPSA) is 39.7 Å². The van der Waals surface area contributed by atoms with E-state index in [9.17, 15) is 0 Å². The molecule has 0 unspecified atom stereocenters. The van der Waals surface area contributed by atoms with Gasteiger partial charge in [0.25, 0.3) is 0 Å². The maximum atomic E-state index is 6.14. The highest BCUT2D eigenvalue weighted by molar-refractivity contribution is 9.10. The SMILES string of the molecule is COCCNCc1c(Br)ccc(OC)c1OCc1ccccc1C. The highest BCUT2D eigenvalue weighted by Gasteiger charge is 2.15. The molecule has 0 aliphatic carbocycles. The molecule has 0 amide bonds. The zero-order chi connectivity index (χ0) is 17.4. The maximum Gasteiger partial charge on any atom is 0.167 e. The maximum absolute atomic E-state index is 6.14. The minimum absolute atomic E-state index is 0.505. The van der Waals surface area contributed by atoms with Crippen LogP contribution in [0.2, 0.25) is 0 Å². The van der Waals surface area contributed by atoms with Crippen molar-refractivity contribution in [3.8, 4) is 11.5 Å². The Morgan fingerprint density at radius 2 is 1.88 bits per heavy atom. The number of ether oxygens (including phenoxy) is 3. The van der Waals surface area contributed by atoms with Crippen LogP contribution in [0.3, 0.4) is 0 Å². The molecule has 0 aliphatic rings. The van der Waals surface area contributed by atoms with E-state index in [-0.39, 0.29) is 0 Å². The van der Waals surface area contributed by atoms with Crippen molar-refractivity contribution < 1.29 is 14.2 Å². The second-order valence-electron chi connectivity index (χ2n) is 5.44. The second-order valence-corrected chi connectivity index (χ2v) is 6.30. The van der Waals surface area contributed by atoms with Gasteiger partial charge in [-0.05, 0) is 30.2 Å². The number of hydrogen-bond donors (Lipinski definition) is 1. The van der Waals surface area contributed by atoms with Crippen LogP contribution in [0.5, 0.6) is 11.5 Å².